The molecule has 3 aromatic carbocycles. The fraction of sp³-hybridized carbons (Fsp3) is 0.500. The number of alkyl carbamates (subject to hydrolysis) is 1. The number of amides is 2. The zero-order valence-electron chi connectivity index (χ0n) is 28.1. The molecule has 0 bridgehead atoms. The third-order valence-corrected chi connectivity index (χ3v) is 13.2. The molecule has 252 valence electrons. The van der Waals surface area contributed by atoms with Gasteiger partial charge in [0.1, 0.15) is 23.2 Å². The molecular formula is C40H57BrNO3P. The number of benzene rings is 3. The van der Waals surface area contributed by atoms with Crippen molar-refractivity contribution in [3.8, 4) is 0 Å². The number of hydrogen-bond acceptors (Lipinski definition) is 3. The Morgan fingerprint density at radius 1 is 0.543 bits per heavy atom. The first-order chi connectivity index (χ1) is 22.2. The van der Waals surface area contributed by atoms with Crippen molar-refractivity contribution in [3.63, 3.8) is 0 Å². The summed E-state index contributed by atoms with van der Waals surface area (Å²) in [5, 5.41) is 6.15. The Kier molecular flexibility index (Phi) is 21.3. The number of nitrogens with one attached hydrogen (secondary N) is 1. The van der Waals surface area contributed by atoms with Gasteiger partial charge in [0.05, 0.1) is 19.2 Å². The predicted octanol–water partition coefficient (Wildman–Crippen LogP) is 6.89. The summed E-state index contributed by atoms with van der Waals surface area (Å²) in [5.41, 5.74) is 0. The number of imide groups is 1. The van der Waals surface area contributed by atoms with Gasteiger partial charge in [-0.15, -0.1) is 0 Å². The Labute approximate surface area is 290 Å². The van der Waals surface area contributed by atoms with Crippen LogP contribution in [-0.2, 0) is 9.53 Å². The van der Waals surface area contributed by atoms with Gasteiger partial charge in [-0.05, 0) is 42.8 Å². The van der Waals surface area contributed by atoms with Gasteiger partial charge in [0.15, 0.2) is 0 Å². The molecule has 0 aliphatic carbocycles. The molecule has 46 heavy (non-hydrogen) atoms. The van der Waals surface area contributed by atoms with Gasteiger partial charge in [-0.2, -0.15) is 0 Å². The van der Waals surface area contributed by atoms with Crippen LogP contribution in [0.4, 0.5) is 4.79 Å². The maximum absolute atomic E-state index is 13.0. The van der Waals surface area contributed by atoms with Crippen molar-refractivity contribution in [2.24, 2.45) is 0 Å². The molecule has 3 aromatic rings. The Morgan fingerprint density at radius 3 is 1.26 bits per heavy atom. The highest BCUT2D eigenvalue weighted by Crippen LogP contribution is 2.55. The van der Waals surface area contributed by atoms with Crippen LogP contribution in [0.5, 0.6) is 0 Å². The number of hydrogen-bond donors (Lipinski definition) is 1. The minimum absolute atomic E-state index is 0. The van der Waals surface area contributed by atoms with Gasteiger partial charge in [-0.25, -0.2) is 4.79 Å². The highest BCUT2D eigenvalue weighted by molar-refractivity contribution is 7.95. The average molecular weight is 711 g/mol. The van der Waals surface area contributed by atoms with Gasteiger partial charge in [-0.1, -0.05) is 158 Å². The van der Waals surface area contributed by atoms with Crippen LogP contribution in [0, 0.1) is 0 Å². The lowest BCUT2D eigenvalue weighted by Gasteiger charge is -2.27. The molecule has 0 fully saturated rings. The van der Waals surface area contributed by atoms with E-state index in [4.69, 9.17) is 4.74 Å². The van der Waals surface area contributed by atoms with Crippen molar-refractivity contribution in [2.45, 2.75) is 116 Å². The molecule has 2 amide bonds. The first-order valence-corrected chi connectivity index (χ1v) is 19.7. The van der Waals surface area contributed by atoms with Crippen LogP contribution >= 0.6 is 7.26 Å². The van der Waals surface area contributed by atoms with E-state index in [0.29, 0.717) is 12.8 Å². The van der Waals surface area contributed by atoms with Crippen molar-refractivity contribution in [1.29, 1.82) is 0 Å². The molecule has 0 saturated carbocycles. The van der Waals surface area contributed by atoms with Crippen LogP contribution in [0.3, 0.4) is 0 Å². The Morgan fingerprint density at radius 2 is 0.891 bits per heavy atom. The van der Waals surface area contributed by atoms with Crippen LogP contribution in [0.15, 0.2) is 91.0 Å². The molecule has 0 atom stereocenters. The van der Waals surface area contributed by atoms with E-state index in [1.165, 1.54) is 106 Å². The van der Waals surface area contributed by atoms with Crippen molar-refractivity contribution >= 4 is 35.2 Å². The summed E-state index contributed by atoms with van der Waals surface area (Å²) < 4.78 is 5.36. The SMILES string of the molecule is CCCCCCCCCCCCCCCCCCOC(=O)NC(=O)CC[P+](c1ccccc1)(c1ccccc1)c1ccccc1.[Br-]. The van der Waals surface area contributed by atoms with Gasteiger partial charge in [0, 0.05) is 0 Å². The maximum Gasteiger partial charge on any atom is 0.413 e. The summed E-state index contributed by atoms with van der Waals surface area (Å²) in [7, 11) is -2.12. The van der Waals surface area contributed by atoms with Crippen molar-refractivity contribution < 1.29 is 31.3 Å². The highest BCUT2D eigenvalue weighted by Gasteiger charge is 2.45. The molecule has 0 aromatic heterocycles. The third-order valence-electron chi connectivity index (χ3n) is 8.74. The fourth-order valence-electron chi connectivity index (χ4n) is 6.18. The average Bonchev–Trinajstić information content (AvgIpc) is 3.08. The van der Waals surface area contributed by atoms with Crippen molar-refractivity contribution in [3.05, 3.63) is 91.0 Å². The van der Waals surface area contributed by atoms with Gasteiger partial charge in [-0.3, -0.25) is 10.1 Å². The summed E-state index contributed by atoms with van der Waals surface area (Å²) in [4.78, 5) is 25.4. The summed E-state index contributed by atoms with van der Waals surface area (Å²) in [6.07, 6.45) is 21.1. The first-order valence-electron chi connectivity index (χ1n) is 17.7. The van der Waals surface area contributed by atoms with E-state index in [2.05, 4.69) is 85.0 Å². The van der Waals surface area contributed by atoms with E-state index < -0.39 is 13.4 Å². The summed E-state index contributed by atoms with van der Waals surface area (Å²) in [6.45, 7) is 2.63. The van der Waals surface area contributed by atoms with E-state index in [1.54, 1.807) is 0 Å². The highest BCUT2D eigenvalue weighted by atomic mass is 79.9. The minimum atomic E-state index is -2.12. The van der Waals surface area contributed by atoms with Crippen LogP contribution < -0.4 is 38.2 Å². The second-order valence-electron chi connectivity index (χ2n) is 12.3. The Hall–Kier alpha value is -2.49. The van der Waals surface area contributed by atoms with Crippen LogP contribution in [0.2, 0.25) is 0 Å². The van der Waals surface area contributed by atoms with Gasteiger partial charge in [0.2, 0.25) is 5.91 Å². The number of carbonyl (C=O) groups excluding carboxylic acids is 2. The molecule has 0 unspecified atom stereocenters. The number of ether oxygens (including phenoxy) is 1. The molecule has 0 aliphatic rings. The lowest BCUT2D eigenvalue weighted by Crippen LogP contribution is -3.00. The van der Waals surface area contributed by atoms with E-state index in [1.807, 2.05) is 18.2 Å². The van der Waals surface area contributed by atoms with Crippen LogP contribution in [-0.4, -0.2) is 24.8 Å². The summed E-state index contributed by atoms with van der Waals surface area (Å²) in [5.74, 6) is -0.292. The van der Waals surface area contributed by atoms with Crippen LogP contribution in [0.25, 0.3) is 0 Å². The molecule has 1 N–H and O–H groups in total. The smallest absolute Gasteiger partial charge is 0.413 e. The summed E-state index contributed by atoms with van der Waals surface area (Å²) >= 11 is 0. The quantitative estimate of drug-likeness (QED) is 0.0863. The van der Waals surface area contributed by atoms with Gasteiger partial charge < -0.3 is 21.7 Å². The van der Waals surface area contributed by atoms with Gasteiger partial charge in [0.25, 0.3) is 0 Å². The second kappa shape index (κ2) is 24.7. The van der Waals surface area contributed by atoms with Gasteiger partial charge >= 0.3 is 6.09 Å². The normalized spacial score (nSPS) is 11.1. The first kappa shape index (κ1) is 39.7. The van der Waals surface area contributed by atoms with E-state index in [9.17, 15) is 9.59 Å². The van der Waals surface area contributed by atoms with E-state index in [0.717, 1.165) is 12.8 Å². The largest absolute Gasteiger partial charge is 1.00 e. The van der Waals surface area contributed by atoms with E-state index >= 15 is 0 Å². The minimum Gasteiger partial charge on any atom is -1.00 e. The fourth-order valence-corrected chi connectivity index (χ4v) is 10.4. The lowest BCUT2D eigenvalue weighted by molar-refractivity contribution is -0.120. The zero-order valence-corrected chi connectivity index (χ0v) is 30.6. The number of rotatable bonds is 23. The molecule has 0 spiro atoms. The molecular weight excluding hydrogens is 653 g/mol. The van der Waals surface area contributed by atoms with Crippen LogP contribution in [0.1, 0.15) is 116 Å². The van der Waals surface area contributed by atoms with E-state index in [-0.39, 0.29) is 29.3 Å². The number of halogens is 1. The molecule has 4 nitrogen and oxygen atoms in total. The molecule has 6 heteroatoms. The second-order valence-corrected chi connectivity index (χ2v) is 15.9. The predicted molar refractivity (Wildman–Crippen MR) is 194 cm³/mol. The zero-order chi connectivity index (χ0) is 31.8. The Bertz CT molecular complexity index is 1100. The molecule has 3 rings (SSSR count). The Balaban J connectivity index is 0.00000736. The maximum atomic E-state index is 13.0. The standard InChI is InChI=1S/C40H56NO3P.BrH/c1-2-3-4-5-6-7-8-9-10-11-12-13-14-15-16-26-34-44-40(43)41-39(42)33-35-45(36-27-20-17-21-28-36,37-29-22-18-23-30-37)38-31-24-19-25-32-38;/h17-25,27-32H,2-16,26,33-35H2,1H3;1H. The molecule has 0 saturated heterocycles. The number of carbonyl (C=O) groups is 2. The lowest BCUT2D eigenvalue weighted by atomic mass is 10.0. The summed E-state index contributed by atoms with van der Waals surface area (Å²) in [6, 6.07) is 31.4. The molecule has 0 heterocycles. The monoisotopic (exact) mass is 709 g/mol. The third kappa shape index (κ3) is 14.5. The van der Waals surface area contributed by atoms with Crippen molar-refractivity contribution in [1.82, 2.24) is 5.32 Å². The molecule has 0 radical (unpaired) electrons. The van der Waals surface area contributed by atoms with Crippen molar-refractivity contribution in [2.75, 3.05) is 12.8 Å². The number of unbranched alkanes of at least 4 members (excludes halogenated alkanes) is 15. The molecule has 0 aliphatic heterocycles. The topological polar surface area (TPSA) is 55.4 Å².